The third-order valence-corrected chi connectivity index (χ3v) is 4.20. The zero-order chi connectivity index (χ0) is 22.6. The van der Waals surface area contributed by atoms with Gasteiger partial charge in [-0.2, -0.15) is 13.2 Å². The molecule has 6 nitrogen and oxygen atoms in total. The first-order valence-electron chi connectivity index (χ1n) is 8.89. The molecule has 0 spiro atoms. The van der Waals surface area contributed by atoms with E-state index in [0.29, 0.717) is 17.6 Å². The zero-order valence-electron chi connectivity index (χ0n) is 16.8. The fraction of sp³-hybridized carbons (Fsp3) is 0.143. The van der Waals surface area contributed by atoms with Gasteiger partial charge in [-0.15, -0.1) is 12.4 Å². The summed E-state index contributed by atoms with van der Waals surface area (Å²) in [6, 6.07) is 9.82. The summed E-state index contributed by atoms with van der Waals surface area (Å²) in [5.74, 6) is -1.10. The van der Waals surface area contributed by atoms with Gasteiger partial charge in [-0.25, -0.2) is 9.37 Å². The minimum atomic E-state index is -4.70. The molecule has 0 atom stereocenters. The number of aromatic nitrogens is 1. The monoisotopic (exact) mass is 471 g/mol. The van der Waals surface area contributed by atoms with E-state index in [-0.39, 0.29) is 30.0 Å². The van der Waals surface area contributed by atoms with Gasteiger partial charge >= 0.3 is 6.18 Å². The second-order valence-corrected chi connectivity index (χ2v) is 6.25. The lowest BCUT2D eigenvalue weighted by Gasteiger charge is -2.12. The number of hydrogen-bond donors (Lipinski definition) is 2. The summed E-state index contributed by atoms with van der Waals surface area (Å²) in [4.78, 5) is 16.3. The molecule has 11 heteroatoms. The van der Waals surface area contributed by atoms with E-state index in [9.17, 15) is 22.4 Å². The van der Waals surface area contributed by atoms with Crippen LogP contribution >= 0.6 is 12.4 Å². The van der Waals surface area contributed by atoms with Gasteiger partial charge in [-0.1, -0.05) is 0 Å². The number of pyridine rings is 1. The molecule has 1 amide bonds. The predicted octanol–water partition coefficient (Wildman–Crippen LogP) is 5.76. The van der Waals surface area contributed by atoms with E-state index in [0.717, 1.165) is 11.8 Å². The van der Waals surface area contributed by atoms with Crippen LogP contribution in [0.15, 0.2) is 54.7 Å². The number of benzene rings is 2. The largest absolute Gasteiger partial charge is 0.493 e. The normalized spacial score (nSPS) is 10.7. The number of carbonyl (C=O) groups is 1. The van der Waals surface area contributed by atoms with Crippen LogP contribution in [0.5, 0.6) is 17.4 Å². The molecule has 2 N–H and O–H groups in total. The molecule has 1 heterocycles. The number of nitrogens with zero attached hydrogens (tertiary/aromatic N) is 1. The van der Waals surface area contributed by atoms with Crippen molar-refractivity contribution in [3.05, 3.63) is 71.7 Å². The number of halogens is 5. The number of methoxy groups -OCH3 is 1. The van der Waals surface area contributed by atoms with Crippen molar-refractivity contribution in [2.45, 2.75) is 6.18 Å². The van der Waals surface area contributed by atoms with Gasteiger partial charge in [0.15, 0.2) is 11.5 Å². The maximum Gasteiger partial charge on any atom is 0.416 e. The first kappa shape index (κ1) is 24.7. The lowest BCUT2D eigenvalue weighted by Crippen LogP contribution is -2.15. The second kappa shape index (κ2) is 10.2. The van der Waals surface area contributed by atoms with Crippen LogP contribution in [0.2, 0.25) is 0 Å². The van der Waals surface area contributed by atoms with E-state index in [1.807, 2.05) is 0 Å². The lowest BCUT2D eigenvalue weighted by molar-refractivity contribution is -0.137. The van der Waals surface area contributed by atoms with E-state index in [2.05, 4.69) is 15.6 Å². The maximum atomic E-state index is 14.0. The number of alkyl halides is 3. The predicted molar refractivity (Wildman–Crippen MR) is 113 cm³/mol. The Bertz CT molecular complexity index is 1090. The summed E-state index contributed by atoms with van der Waals surface area (Å²) in [7, 11) is 3.26. The molecule has 0 aliphatic heterocycles. The standard InChI is InChI=1S/C21H17F4N3O3.ClH/c1-26-13-4-7-17(18(10-13)30-2)31-19-8-5-14(11-27-19)28-20(29)15-6-3-12(9-16(15)22)21(23,24)25;/h3-11,26H,1-2H3,(H,28,29);1H. The smallest absolute Gasteiger partial charge is 0.416 e. The molecule has 0 radical (unpaired) electrons. The van der Waals surface area contributed by atoms with E-state index in [1.54, 1.807) is 25.2 Å². The average Bonchev–Trinajstić information content (AvgIpc) is 2.74. The Morgan fingerprint density at radius 1 is 1.00 bits per heavy atom. The Kier molecular flexibility index (Phi) is 7.87. The summed E-state index contributed by atoms with van der Waals surface area (Å²) in [5, 5.41) is 5.35. The third kappa shape index (κ3) is 5.79. The summed E-state index contributed by atoms with van der Waals surface area (Å²) in [6.07, 6.45) is -3.44. The van der Waals surface area contributed by atoms with Crippen LogP contribution in [0.3, 0.4) is 0 Å². The van der Waals surface area contributed by atoms with Crippen molar-refractivity contribution < 1.29 is 31.8 Å². The van der Waals surface area contributed by atoms with Crippen molar-refractivity contribution in [1.82, 2.24) is 4.98 Å². The van der Waals surface area contributed by atoms with Gasteiger partial charge < -0.3 is 20.1 Å². The van der Waals surface area contributed by atoms with Gasteiger partial charge in [-0.05, 0) is 36.4 Å². The minimum absolute atomic E-state index is 0. The van der Waals surface area contributed by atoms with Crippen LogP contribution in [0, 0.1) is 5.82 Å². The Morgan fingerprint density at radius 2 is 1.72 bits per heavy atom. The number of ether oxygens (including phenoxy) is 2. The Balaban J connectivity index is 0.00000363. The average molecular weight is 472 g/mol. The Morgan fingerprint density at radius 3 is 2.28 bits per heavy atom. The van der Waals surface area contributed by atoms with Gasteiger partial charge in [0, 0.05) is 24.9 Å². The minimum Gasteiger partial charge on any atom is -0.493 e. The third-order valence-electron chi connectivity index (χ3n) is 4.20. The first-order chi connectivity index (χ1) is 14.7. The fourth-order valence-electron chi connectivity index (χ4n) is 2.61. The van der Waals surface area contributed by atoms with Gasteiger partial charge in [0.1, 0.15) is 5.82 Å². The second-order valence-electron chi connectivity index (χ2n) is 6.25. The van der Waals surface area contributed by atoms with Gasteiger partial charge in [0.25, 0.3) is 5.91 Å². The topological polar surface area (TPSA) is 72.5 Å². The lowest BCUT2D eigenvalue weighted by atomic mass is 10.1. The molecule has 0 aliphatic carbocycles. The number of amides is 1. The number of carbonyl (C=O) groups excluding carboxylic acids is 1. The molecule has 0 saturated heterocycles. The molecule has 170 valence electrons. The molecular weight excluding hydrogens is 454 g/mol. The van der Waals surface area contributed by atoms with Gasteiger partial charge in [-0.3, -0.25) is 4.79 Å². The molecule has 3 rings (SSSR count). The molecule has 3 aromatic rings. The van der Waals surface area contributed by atoms with E-state index in [4.69, 9.17) is 9.47 Å². The molecule has 1 aromatic heterocycles. The van der Waals surface area contributed by atoms with Crippen molar-refractivity contribution in [3.63, 3.8) is 0 Å². The summed E-state index contributed by atoms with van der Waals surface area (Å²) in [6.45, 7) is 0. The molecular formula is C21H18ClF4N3O3. The van der Waals surface area contributed by atoms with Crippen molar-refractivity contribution in [1.29, 1.82) is 0 Å². The number of rotatable bonds is 6. The molecule has 0 aliphatic rings. The first-order valence-corrected chi connectivity index (χ1v) is 8.89. The quantitative estimate of drug-likeness (QED) is 0.447. The summed E-state index contributed by atoms with van der Waals surface area (Å²) < 4.78 is 62.8. The van der Waals surface area contributed by atoms with Crippen LogP contribution in [0.1, 0.15) is 15.9 Å². The molecule has 0 saturated carbocycles. The maximum absolute atomic E-state index is 14.0. The van der Waals surface area contributed by atoms with Crippen molar-refractivity contribution in [2.24, 2.45) is 0 Å². The summed E-state index contributed by atoms with van der Waals surface area (Å²) >= 11 is 0. The van der Waals surface area contributed by atoms with Gasteiger partial charge in [0.2, 0.25) is 5.88 Å². The van der Waals surface area contributed by atoms with Gasteiger partial charge in [0.05, 0.1) is 30.1 Å². The number of hydrogen-bond acceptors (Lipinski definition) is 5. The molecule has 0 unspecified atom stereocenters. The highest BCUT2D eigenvalue weighted by Gasteiger charge is 2.31. The highest BCUT2D eigenvalue weighted by Crippen LogP contribution is 2.33. The summed E-state index contributed by atoms with van der Waals surface area (Å²) in [5.41, 5.74) is -0.676. The van der Waals surface area contributed by atoms with Crippen LogP contribution < -0.4 is 20.1 Å². The van der Waals surface area contributed by atoms with Crippen molar-refractivity contribution in [2.75, 3.05) is 24.8 Å². The van der Waals surface area contributed by atoms with Crippen LogP contribution in [-0.4, -0.2) is 25.0 Å². The van der Waals surface area contributed by atoms with E-state index >= 15 is 0 Å². The highest BCUT2D eigenvalue weighted by atomic mass is 35.5. The molecule has 2 aromatic carbocycles. The SMILES string of the molecule is CNc1ccc(Oc2ccc(NC(=O)c3ccc(C(F)(F)F)cc3F)cn2)c(OC)c1.Cl. The fourth-order valence-corrected chi connectivity index (χ4v) is 2.61. The molecule has 32 heavy (non-hydrogen) atoms. The zero-order valence-corrected chi connectivity index (χ0v) is 17.6. The van der Waals surface area contributed by atoms with Crippen molar-refractivity contribution in [3.8, 4) is 17.4 Å². The highest BCUT2D eigenvalue weighted by molar-refractivity contribution is 6.04. The number of anilines is 2. The van der Waals surface area contributed by atoms with Crippen LogP contribution in [-0.2, 0) is 6.18 Å². The van der Waals surface area contributed by atoms with Crippen molar-refractivity contribution >= 4 is 29.7 Å². The Hall–Kier alpha value is -3.53. The van der Waals surface area contributed by atoms with E-state index < -0.39 is 29.0 Å². The van der Waals surface area contributed by atoms with Crippen LogP contribution in [0.4, 0.5) is 28.9 Å². The molecule has 0 bridgehead atoms. The molecule has 0 fully saturated rings. The van der Waals surface area contributed by atoms with Crippen LogP contribution in [0.25, 0.3) is 0 Å². The number of nitrogens with one attached hydrogen (secondary N) is 2. The Labute approximate surface area is 187 Å². The van der Waals surface area contributed by atoms with E-state index in [1.165, 1.54) is 25.4 Å².